The number of amides is 1. The standard InChI is InChI=1S/C14H15N3O/c1-17(12-7-8-13(15)16-10-12)14(18)9-11-5-3-2-4-6-11/h2-8,10H,9H2,1H3,(H2,15,16). The van der Waals surface area contributed by atoms with Gasteiger partial charge in [0, 0.05) is 7.05 Å². The second-order valence-corrected chi connectivity index (χ2v) is 4.06. The lowest BCUT2D eigenvalue weighted by molar-refractivity contribution is -0.117. The smallest absolute Gasteiger partial charge is 0.231 e. The zero-order chi connectivity index (χ0) is 13.0. The van der Waals surface area contributed by atoms with Crippen molar-refractivity contribution in [2.24, 2.45) is 0 Å². The Bertz CT molecular complexity index is 522. The summed E-state index contributed by atoms with van der Waals surface area (Å²) in [6, 6.07) is 13.1. The van der Waals surface area contributed by atoms with Crippen LogP contribution >= 0.6 is 0 Å². The van der Waals surface area contributed by atoms with Crippen LogP contribution in [0.3, 0.4) is 0 Å². The molecule has 2 aromatic rings. The molecule has 1 aromatic carbocycles. The quantitative estimate of drug-likeness (QED) is 0.892. The van der Waals surface area contributed by atoms with Crippen LogP contribution in [-0.2, 0) is 11.2 Å². The van der Waals surface area contributed by atoms with Crippen molar-refractivity contribution in [1.82, 2.24) is 4.98 Å². The molecule has 0 fully saturated rings. The van der Waals surface area contributed by atoms with Crippen molar-refractivity contribution in [3.05, 3.63) is 54.2 Å². The van der Waals surface area contributed by atoms with Crippen molar-refractivity contribution in [3.63, 3.8) is 0 Å². The summed E-state index contributed by atoms with van der Waals surface area (Å²) < 4.78 is 0. The third-order valence-corrected chi connectivity index (χ3v) is 2.73. The molecule has 0 aliphatic heterocycles. The van der Waals surface area contributed by atoms with Crippen LogP contribution in [0.15, 0.2) is 48.7 Å². The average molecular weight is 241 g/mol. The molecule has 0 unspecified atom stereocenters. The largest absolute Gasteiger partial charge is 0.384 e. The van der Waals surface area contributed by atoms with E-state index in [1.807, 2.05) is 30.3 Å². The Morgan fingerprint density at radius 3 is 2.56 bits per heavy atom. The maximum Gasteiger partial charge on any atom is 0.231 e. The van der Waals surface area contributed by atoms with Crippen molar-refractivity contribution in [2.45, 2.75) is 6.42 Å². The molecule has 0 aliphatic carbocycles. The number of nitrogens with zero attached hydrogens (tertiary/aromatic N) is 2. The summed E-state index contributed by atoms with van der Waals surface area (Å²) in [7, 11) is 1.73. The maximum atomic E-state index is 12.1. The predicted molar refractivity (Wildman–Crippen MR) is 72.2 cm³/mol. The maximum absolute atomic E-state index is 12.1. The summed E-state index contributed by atoms with van der Waals surface area (Å²) in [5.74, 6) is 0.468. The number of rotatable bonds is 3. The molecule has 0 atom stereocenters. The van der Waals surface area contributed by atoms with Crippen molar-refractivity contribution >= 4 is 17.4 Å². The van der Waals surface area contributed by atoms with E-state index >= 15 is 0 Å². The Morgan fingerprint density at radius 2 is 1.94 bits per heavy atom. The molecule has 4 heteroatoms. The predicted octanol–water partition coefficient (Wildman–Crippen LogP) is 1.87. The fourth-order valence-corrected chi connectivity index (χ4v) is 1.63. The Balaban J connectivity index is 2.07. The highest BCUT2D eigenvalue weighted by Crippen LogP contribution is 2.13. The lowest BCUT2D eigenvalue weighted by atomic mass is 10.1. The van der Waals surface area contributed by atoms with Crippen molar-refractivity contribution in [3.8, 4) is 0 Å². The van der Waals surface area contributed by atoms with Crippen LogP contribution < -0.4 is 10.6 Å². The summed E-state index contributed by atoms with van der Waals surface area (Å²) in [6.07, 6.45) is 1.97. The van der Waals surface area contributed by atoms with Crippen molar-refractivity contribution in [1.29, 1.82) is 0 Å². The molecule has 4 nitrogen and oxygen atoms in total. The van der Waals surface area contributed by atoms with Crippen LogP contribution in [-0.4, -0.2) is 17.9 Å². The monoisotopic (exact) mass is 241 g/mol. The Hall–Kier alpha value is -2.36. The van der Waals surface area contributed by atoms with Gasteiger partial charge in [0.25, 0.3) is 0 Å². The van der Waals surface area contributed by atoms with Crippen LogP contribution in [0, 0.1) is 0 Å². The van der Waals surface area contributed by atoms with Gasteiger partial charge in [0.05, 0.1) is 18.3 Å². The molecular formula is C14H15N3O. The highest BCUT2D eigenvalue weighted by atomic mass is 16.2. The van der Waals surface area contributed by atoms with Crippen LogP contribution in [0.5, 0.6) is 0 Å². The van der Waals surface area contributed by atoms with Crippen LogP contribution in [0.2, 0.25) is 0 Å². The third-order valence-electron chi connectivity index (χ3n) is 2.73. The molecule has 18 heavy (non-hydrogen) atoms. The van der Waals surface area contributed by atoms with Crippen LogP contribution in [0.25, 0.3) is 0 Å². The number of hydrogen-bond donors (Lipinski definition) is 1. The first-order valence-electron chi connectivity index (χ1n) is 5.69. The zero-order valence-corrected chi connectivity index (χ0v) is 10.2. The van der Waals surface area contributed by atoms with Gasteiger partial charge < -0.3 is 10.6 Å². The molecule has 2 N–H and O–H groups in total. The molecule has 1 aromatic heterocycles. The summed E-state index contributed by atoms with van der Waals surface area (Å²) in [4.78, 5) is 17.6. The first kappa shape index (κ1) is 12.1. The average Bonchev–Trinajstić information content (AvgIpc) is 2.40. The number of pyridine rings is 1. The molecule has 1 amide bonds. The van der Waals surface area contributed by atoms with Gasteiger partial charge in [-0.2, -0.15) is 0 Å². The number of benzene rings is 1. The lowest BCUT2D eigenvalue weighted by Crippen LogP contribution is -2.27. The fraction of sp³-hybridized carbons (Fsp3) is 0.143. The van der Waals surface area contributed by atoms with E-state index in [9.17, 15) is 4.79 Å². The van der Waals surface area contributed by atoms with Gasteiger partial charge in [-0.1, -0.05) is 30.3 Å². The molecule has 0 aliphatic rings. The van der Waals surface area contributed by atoms with Gasteiger partial charge in [-0.25, -0.2) is 4.98 Å². The number of anilines is 2. The molecule has 0 bridgehead atoms. The molecule has 92 valence electrons. The molecular weight excluding hydrogens is 226 g/mol. The van der Waals surface area contributed by atoms with E-state index in [1.165, 1.54) is 0 Å². The molecule has 1 heterocycles. The SMILES string of the molecule is CN(C(=O)Cc1ccccc1)c1ccc(N)nc1. The van der Waals surface area contributed by atoms with E-state index in [4.69, 9.17) is 5.73 Å². The van der Waals surface area contributed by atoms with E-state index in [0.29, 0.717) is 12.2 Å². The molecule has 0 saturated carbocycles. The van der Waals surface area contributed by atoms with Gasteiger partial charge in [-0.15, -0.1) is 0 Å². The summed E-state index contributed by atoms with van der Waals surface area (Å²) in [5.41, 5.74) is 7.25. The number of nitrogens with two attached hydrogens (primary N) is 1. The second-order valence-electron chi connectivity index (χ2n) is 4.06. The number of nitrogen functional groups attached to an aromatic ring is 1. The van der Waals surface area contributed by atoms with Crippen molar-refractivity contribution in [2.75, 3.05) is 17.7 Å². The van der Waals surface area contributed by atoms with Crippen LogP contribution in [0.1, 0.15) is 5.56 Å². The number of carbonyl (C=O) groups excluding carboxylic acids is 1. The Labute approximate surface area is 106 Å². The minimum absolute atomic E-state index is 0.0211. The Kier molecular flexibility index (Phi) is 3.57. The van der Waals surface area contributed by atoms with Gasteiger partial charge in [-0.3, -0.25) is 4.79 Å². The number of carbonyl (C=O) groups is 1. The molecule has 2 rings (SSSR count). The summed E-state index contributed by atoms with van der Waals surface area (Å²) in [6.45, 7) is 0. The van der Waals surface area contributed by atoms with E-state index in [0.717, 1.165) is 11.3 Å². The second kappa shape index (κ2) is 5.31. The van der Waals surface area contributed by atoms with Crippen molar-refractivity contribution < 1.29 is 4.79 Å². The summed E-state index contributed by atoms with van der Waals surface area (Å²) in [5, 5.41) is 0. The third kappa shape index (κ3) is 2.85. The normalized spacial score (nSPS) is 10.1. The van der Waals surface area contributed by atoms with Gasteiger partial charge >= 0.3 is 0 Å². The topological polar surface area (TPSA) is 59.2 Å². The molecule has 0 saturated heterocycles. The first-order chi connectivity index (χ1) is 8.66. The van der Waals surface area contributed by atoms with E-state index in [1.54, 1.807) is 30.3 Å². The van der Waals surface area contributed by atoms with E-state index in [-0.39, 0.29) is 5.91 Å². The molecule has 0 radical (unpaired) electrons. The van der Waals surface area contributed by atoms with E-state index in [2.05, 4.69) is 4.98 Å². The van der Waals surface area contributed by atoms with E-state index < -0.39 is 0 Å². The van der Waals surface area contributed by atoms with Gasteiger partial charge in [-0.05, 0) is 17.7 Å². The highest BCUT2D eigenvalue weighted by Gasteiger charge is 2.11. The van der Waals surface area contributed by atoms with Gasteiger partial charge in [0.2, 0.25) is 5.91 Å². The summed E-state index contributed by atoms with van der Waals surface area (Å²) >= 11 is 0. The number of hydrogen-bond acceptors (Lipinski definition) is 3. The number of aromatic nitrogens is 1. The fourth-order valence-electron chi connectivity index (χ4n) is 1.63. The Morgan fingerprint density at radius 1 is 1.22 bits per heavy atom. The molecule has 0 spiro atoms. The lowest BCUT2D eigenvalue weighted by Gasteiger charge is -2.17. The minimum Gasteiger partial charge on any atom is -0.384 e. The zero-order valence-electron chi connectivity index (χ0n) is 10.2. The first-order valence-corrected chi connectivity index (χ1v) is 5.69. The van der Waals surface area contributed by atoms with Gasteiger partial charge in [0.15, 0.2) is 0 Å². The number of likely N-dealkylation sites (N-methyl/N-ethyl adjacent to an activating group) is 1. The van der Waals surface area contributed by atoms with Gasteiger partial charge in [0.1, 0.15) is 5.82 Å². The highest BCUT2D eigenvalue weighted by molar-refractivity contribution is 5.94. The van der Waals surface area contributed by atoms with Crippen LogP contribution in [0.4, 0.5) is 11.5 Å². The minimum atomic E-state index is 0.0211.